The minimum absolute atomic E-state index is 0.192. The highest BCUT2D eigenvalue weighted by Crippen LogP contribution is 2.01. The number of hydrogen-bond acceptors (Lipinski definition) is 2. The molecule has 0 aliphatic heterocycles. The third kappa shape index (κ3) is 2.04. The van der Waals surface area contributed by atoms with Gasteiger partial charge in [0.05, 0.1) is 6.54 Å². The summed E-state index contributed by atoms with van der Waals surface area (Å²) < 4.78 is 1.88. The molecule has 1 N–H and O–H groups in total. The first kappa shape index (κ1) is 11.0. The van der Waals surface area contributed by atoms with Gasteiger partial charge in [0.2, 0.25) is 0 Å². The van der Waals surface area contributed by atoms with Crippen LogP contribution in [0.3, 0.4) is 0 Å². The van der Waals surface area contributed by atoms with Crippen LogP contribution in [-0.4, -0.2) is 9.78 Å². The van der Waals surface area contributed by atoms with E-state index < -0.39 is 0 Å². The number of nitrogens with one attached hydrogen (secondary N) is 1. The van der Waals surface area contributed by atoms with Crippen LogP contribution in [0.5, 0.6) is 0 Å². The van der Waals surface area contributed by atoms with Gasteiger partial charge in [-0.1, -0.05) is 22.5 Å². The van der Waals surface area contributed by atoms with Crippen LogP contribution >= 0.6 is 15.9 Å². The Morgan fingerprint density at radius 2 is 2.00 bits per heavy atom. The molecule has 0 fully saturated rings. The Morgan fingerprint density at radius 3 is 2.50 bits per heavy atom. The number of hydrogen-bond donors (Lipinski definition) is 1. The maximum Gasteiger partial charge on any atom is 0.268 e. The molecule has 0 aromatic carbocycles. The first-order valence-corrected chi connectivity index (χ1v) is 4.86. The zero-order valence-electron chi connectivity index (χ0n) is 8.06. The fourth-order valence-electron chi connectivity index (χ4n) is 1.07. The predicted molar refractivity (Wildman–Crippen MR) is 58.9 cm³/mol. The minimum atomic E-state index is -0.240. The van der Waals surface area contributed by atoms with E-state index in [1.165, 1.54) is 4.68 Å². The van der Waals surface area contributed by atoms with Gasteiger partial charge in [-0.05, 0) is 13.8 Å². The topological polar surface area (TPSA) is 54.9 Å². The minimum Gasteiger partial charge on any atom is -0.268 e. The molecule has 1 aromatic heterocycles. The SMILES string of the molecule is C=C(Br)Cn1[nH]c(=O)c(C)c(C)c1=O. The van der Waals surface area contributed by atoms with Crippen LogP contribution in [0.4, 0.5) is 0 Å². The molecule has 0 atom stereocenters. The van der Waals surface area contributed by atoms with E-state index >= 15 is 0 Å². The summed E-state index contributed by atoms with van der Waals surface area (Å²) in [4.78, 5) is 22.9. The van der Waals surface area contributed by atoms with Crippen LogP contribution in [0.1, 0.15) is 11.1 Å². The van der Waals surface area contributed by atoms with Crippen LogP contribution < -0.4 is 11.1 Å². The number of H-pyrrole nitrogens is 1. The second-order valence-corrected chi connectivity index (χ2v) is 4.22. The summed E-state index contributed by atoms with van der Waals surface area (Å²) in [5, 5.41) is 2.47. The molecule has 0 unspecified atom stereocenters. The second kappa shape index (κ2) is 3.96. The Morgan fingerprint density at radius 1 is 1.43 bits per heavy atom. The van der Waals surface area contributed by atoms with Crippen molar-refractivity contribution in [1.29, 1.82) is 0 Å². The smallest absolute Gasteiger partial charge is 0.268 e. The van der Waals surface area contributed by atoms with E-state index in [1.54, 1.807) is 13.8 Å². The van der Waals surface area contributed by atoms with Crippen LogP contribution in [0.2, 0.25) is 0 Å². The highest BCUT2D eigenvalue weighted by Gasteiger charge is 2.06. The normalized spacial score (nSPS) is 10.2. The molecule has 1 aromatic rings. The molecule has 76 valence electrons. The van der Waals surface area contributed by atoms with Crippen molar-refractivity contribution in [2.24, 2.45) is 0 Å². The number of allylic oxidation sites excluding steroid dienone is 1. The Bertz CT molecular complexity index is 485. The van der Waals surface area contributed by atoms with Crippen molar-refractivity contribution >= 4 is 15.9 Å². The Kier molecular flexibility index (Phi) is 3.10. The Balaban J connectivity index is 3.41. The zero-order valence-corrected chi connectivity index (χ0v) is 9.64. The highest BCUT2D eigenvalue weighted by molar-refractivity contribution is 9.11. The van der Waals surface area contributed by atoms with Gasteiger partial charge in [-0.25, -0.2) is 4.68 Å². The summed E-state index contributed by atoms with van der Waals surface area (Å²) in [6.07, 6.45) is 0. The van der Waals surface area contributed by atoms with E-state index in [2.05, 4.69) is 27.6 Å². The summed E-state index contributed by atoms with van der Waals surface area (Å²) >= 11 is 3.14. The largest absolute Gasteiger partial charge is 0.268 e. The van der Waals surface area contributed by atoms with Crippen molar-refractivity contribution in [3.63, 3.8) is 0 Å². The van der Waals surface area contributed by atoms with E-state index in [9.17, 15) is 9.59 Å². The van der Waals surface area contributed by atoms with Gasteiger partial charge < -0.3 is 0 Å². The van der Waals surface area contributed by atoms with E-state index in [4.69, 9.17) is 0 Å². The van der Waals surface area contributed by atoms with Crippen molar-refractivity contribution < 1.29 is 0 Å². The van der Waals surface area contributed by atoms with Crippen molar-refractivity contribution in [3.05, 3.63) is 42.9 Å². The van der Waals surface area contributed by atoms with E-state index in [0.717, 1.165) is 0 Å². The van der Waals surface area contributed by atoms with Gasteiger partial charge in [0.25, 0.3) is 11.1 Å². The summed E-state index contributed by atoms with van der Waals surface area (Å²) in [6.45, 7) is 7.15. The quantitative estimate of drug-likeness (QED) is 0.863. The molecule has 1 rings (SSSR count). The van der Waals surface area contributed by atoms with E-state index in [-0.39, 0.29) is 17.7 Å². The monoisotopic (exact) mass is 258 g/mol. The Hall–Kier alpha value is -1.10. The molecule has 0 bridgehead atoms. The molecule has 14 heavy (non-hydrogen) atoms. The van der Waals surface area contributed by atoms with Gasteiger partial charge in [-0.3, -0.25) is 14.7 Å². The summed E-state index contributed by atoms with van der Waals surface area (Å²) in [5.74, 6) is 0. The molecule has 0 aliphatic rings. The third-order valence-corrected chi connectivity index (χ3v) is 2.29. The predicted octanol–water partition coefficient (Wildman–Crippen LogP) is 1.06. The number of rotatable bonds is 2. The lowest BCUT2D eigenvalue weighted by atomic mass is 10.2. The standard InChI is InChI=1S/C9H11BrN2O2/c1-5(10)4-12-9(14)7(3)6(2)8(13)11-12/h1,4H2,2-3H3,(H,11,13). The molecular weight excluding hydrogens is 248 g/mol. The molecule has 5 heteroatoms. The van der Waals surface area contributed by atoms with Gasteiger partial charge in [-0.2, -0.15) is 0 Å². The molecule has 0 amide bonds. The number of halogens is 1. The molecule has 0 saturated carbocycles. The fourth-order valence-corrected chi connectivity index (χ4v) is 1.32. The lowest BCUT2D eigenvalue weighted by molar-refractivity contribution is 0.626. The molecule has 0 saturated heterocycles. The third-order valence-electron chi connectivity index (χ3n) is 2.04. The van der Waals surface area contributed by atoms with Crippen LogP contribution in [0, 0.1) is 13.8 Å². The van der Waals surface area contributed by atoms with Crippen LogP contribution in [0.25, 0.3) is 0 Å². The average molecular weight is 259 g/mol. The molecule has 0 spiro atoms. The summed E-state index contributed by atoms with van der Waals surface area (Å²) in [5.41, 5.74) is 0.507. The fraction of sp³-hybridized carbons (Fsp3) is 0.333. The molecule has 0 radical (unpaired) electrons. The number of aromatic amines is 1. The van der Waals surface area contributed by atoms with Crippen molar-refractivity contribution in [2.75, 3.05) is 0 Å². The first-order valence-electron chi connectivity index (χ1n) is 4.07. The van der Waals surface area contributed by atoms with Crippen LogP contribution in [-0.2, 0) is 6.54 Å². The van der Waals surface area contributed by atoms with Gasteiger partial charge in [0.15, 0.2) is 0 Å². The van der Waals surface area contributed by atoms with E-state index in [0.29, 0.717) is 15.6 Å². The lowest BCUT2D eigenvalue weighted by Gasteiger charge is -2.06. The zero-order chi connectivity index (χ0) is 10.9. The molecule has 1 heterocycles. The van der Waals surface area contributed by atoms with Gasteiger partial charge in [-0.15, -0.1) is 0 Å². The number of nitrogens with zero attached hydrogens (tertiary/aromatic N) is 1. The van der Waals surface area contributed by atoms with Crippen LogP contribution in [0.15, 0.2) is 20.7 Å². The molecular formula is C9H11BrN2O2. The van der Waals surface area contributed by atoms with Crippen molar-refractivity contribution in [3.8, 4) is 0 Å². The highest BCUT2D eigenvalue weighted by atomic mass is 79.9. The molecule has 4 nitrogen and oxygen atoms in total. The van der Waals surface area contributed by atoms with Crippen molar-refractivity contribution in [2.45, 2.75) is 20.4 Å². The van der Waals surface area contributed by atoms with Crippen molar-refractivity contribution in [1.82, 2.24) is 9.78 Å². The lowest BCUT2D eigenvalue weighted by Crippen LogP contribution is -2.33. The molecule has 0 aliphatic carbocycles. The van der Waals surface area contributed by atoms with Gasteiger partial charge >= 0.3 is 0 Å². The first-order chi connectivity index (χ1) is 6.43. The maximum absolute atomic E-state index is 11.6. The Labute approximate surface area is 89.4 Å². The number of aromatic nitrogens is 2. The summed E-state index contributed by atoms with van der Waals surface area (Å²) in [6, 6.07) is 0. The van der Waals surface area contributed by atoms with Gasteiger partial charge in [0.1, 0.15) is 0 Å². The second-order valence-electron chi connectivity index (χ2n) is 3.10. The van der Waals surface area contributed by atoms with E-state index in [1.807, 2.05) is 0 Å². The summed E-state index contributed by atoms with van der Waals surface area (Å²) in [7, 11) is 0. The maximum atomic E-state index is 11.6. The average Bonchev–Trinajstić information content (AvgIpc) is 2.10. The van der Waals surface area contributed by atoms with Gasteiger partial charge in [0, 0.05) is 15.6 Å².